The number of anilines is 1. The molecule has 1 aromatic rings. The van der Waals surface area contributed by atoms with Gasteiger partial charge in [0.1, 0.15) is 0 Å². The summed E-state index contributed by atoms with van der Waals surface area (Å²) in [6.07, 6.45) is -2.28. The molecule has 0 aliphatic carbocycles. The molecule has 0 aromatic heterocycles. The molecule has 1 aromatic carbocycles. The standard InChI is InChI=1S/C11H16F2N2/c1-2-15(8-11(12)13)7-9-3-5-10(14)6-4-9/h3-6,11H,2,7-8,14H2,1H3. The zero-order chi connectivity index (χ0) is 11.3. The Bertz CT molecular complexity index is 285. The van der Waals surface area contributed by atoms with E-state index in [4.69, 9.17) is 5.73 Å². The number of benzene rings is 1. The summed E-state index contributed by atoms with van der Waals surface area (Å²) in [7, 11) is 0. The first-order valence-corrected chi connectivity index (χ1v) is 4.96. The van der Waals surface area contributed by atoms with Gasteiger partial charge in [0.25, 0.3) is 6.43 Å². The highest BCUT2D eigenvalue weighted by Crippen LogP contribution is 2.09. The highest BCUT2D eigenvalue weighted by molar-refractivity contribution is 5.39. The minimum absolute atomic E-state index is 0.180. The van der Waals surface area contributed by atoms with Gasteiger partial charge in [-0.15, -0.1) is 0 Å². The number of rotatable bonds is 5. The fourth-order valence-electron chi connectivity index (χ4n) is 1.38. The Kier molecular flexibility index (Phi) is 4.49. The third-order valence-corrected chi connectivity index (χ3v) is 2.23. The molecule has 0 aliphatic rings. The van der Waals surface area contributed by atoms with Crippen LogP contribution in [-0.2, 0) is 6.54 Å². The molecule has 15 heavy (non-hydrogen) atoms. The summed E-state index contributed by atoms with van der Waals surface area (Å²) in [5, 5.41) is 0. The van der Waals surface area contributed by atoms with Crippen LogP contribution in [0.1, 0.15) is 12.5 Å². The van der Waals surface area contributed by atoms with Gasteiger partial charge in [-0.3, -0.25) is 4.90 Å². The van der Waals surface area contributed by atoms with Crippen LogP contribution < -0.4 is 5.73 Å². The molecule has 0 saturated carbocycles. The average molecular weight is 214 g/mol. The Hall–Kier alpha value is -1.16. The van der Waals surface area contributed by atoms with Crippen LogP contribution in [0.3, 0.4) is 0 Å². The van der Waals surface area contributed by atoms with E-state index in [1.165, 1.54) is 0 Å². The van der Waals surface area contributed by atoms with Gasteiger partial charge >= 0.3 is 0 Å². The lowest BCUT2D eigenvalue weighted by Gasteiger charge is -2.19. The van der Waals surface area contributed by atoms with E-state index in [2.05, 4.69) is 0 Å². The van der Waals surface area contributed by atoms with E-state index in [9.17, 15) is 8.78 Å². The van der Waals surface area contributed by atoms with Gasteiger partial charge in [0.2, 0.25) is 0 Å². The molecule has 0 unspecified atom stereocenters. The zero-order valence-corrected chi connectivity index (χ0v) is 8.79. The van der Waals surface area contributed by atoms with Crippen LogP contribution in [0, 0.1) is 0 Å². The fourth-order valence-corrected chi connectivity index (χ4v) is 1.38. The Balaban J connectivity index is 2.54. The van der Waals surface area contributed by atoms with E-state index in [-0.39, 0.29) is 6.54 Å². The van der Waals surface area contributed by atoms with Crippen molar-refractivity contribution in [2.75, 3.05) is 18.8 Å². The van der Waals surface area contributed by atoms with E-state index in [0.29, 0.717) is 18.8 Å². The Morgan fingerprint density at radius 1 is 1.27 bits per heavy atom. The maximum absolute atomic E-state index is 12.2. The van der Waals surface area contributed by atoms with Crippen molar-refractivity contribution in [3.8, 4) is 0 Å². The second kappa shape index (κ2) is 5.66. The van der Waals surface area contributed by atoms with E-state index >= 15 is 0 Å². The minimum Gasteiger partial charge on any atom is -0.399 e. The molecule has 0 amide bonds. The van der Waals surface area contributed by atoms with Crippen molar-refractivity contribution in [3.63, 3.8) is 0 Å². The molecule has 0 atom stereocenters. The smallest absolute Gasteiger partial charge is 0.251 e. The molecular formula is C11H16F2N2. The van der Waals surface area contributed by atoms with Crippen molar-refractivity contribution < 1.29 is 8.78 Å². The van der Waals surface area contributed by atoms with Gasteiger partial charge in [0.05, 0.1) is 6.54 Å². The summed E-state index contributed by atoms with van der Waals surface area (Å²) in [5.41, 5.74) is 7.23. The van der Waals surface area contributed by atoms with Crippen molar-refractivity contribution in [1.29, 1.82) is 0 Å². The zero-order valence-electron chi connectivity index (χ0n) is 8.79. The minimum atomic E-state index is -2.28. The first kappa shape index (κ1) is 11.9. The van der Waals surface area contributed by atoms with E-state index in [1.807, 2.05) is 19.1 Å². The number of hydrogen-bond acceptors (Lipinski definition) is 2. The van der Waals surface area contributed by atoms with Gasteiger partial charge in [-0.25, -0.2) is 8.78 Å². The molecule has 84 valence electrons. The molecule has 0 fully saturated rings. The van der Waals surface area contributed by atoms with Gasteiger partial charge in [0.15, 0.2) is 0 Å². The van der Waals surface area contributed by atoms with Crippen molar-refractivity contribution in [2.45, 2.75) is 19.9 Å². The number of nitrogen functional groups attached to an aromatic ring is 1. The van der Waals surface area contributed by atoms with E-state index in [0.717, 1.165) is 5.56 Å². The first-order chi connectivity index (χ1) is 7.11. The lowest BCUT2D eigenvalue weighted by molar-refractivity contribution is 0.0874. The first-order valence-electron chi connectivity index (χ1n) is 4.96. The molecule has 0 spiro atoms. The summed E-state index contributed by atoms with van der Waals surface area (Å²) >= 11 is 0. The predicted octanol–water partition coefficient (Wildman–Crippen LogP) is 2.36. The van der Waals surface area contributed by atoms with Crippen LogP contribution in [0.25, 0.3) is 0 Å². The van der Waals surface area contributed by atoms with Gasteiger partial charge < -0.3 is 5.73 Å². The molecule has 4 heteroatoms. The van der Waals surface area contributed by atoms with Gasteiger partial charge in [-0.1, -0.05) is 19.1 Å². The molecule has 0 saturated heterocycles. The number of nitrogens with zero attached hydrogens (tertiary/aromatic N) is 1. The quantitative estimate of drug-likeness (QED) is 0.762. The lowest BCUT2D eigenvalue weighted by atomic mass is 10.2. The number of alkyl halides is 2. The van der Waals surface area contributed by atoms with E-state index in [1.54, 1.807) is 17.0 Å². The molecule has 0 radical (unpaired) electrons. The normalized spacial score (nSPS) is 11.3. The highest BCUT2D eigenvalue weighted by atomic mass is 19.3. The Labute approximate surface area is 88.7 Å². The molecule has 0 bridgehead atoms. The molecule has 0 heterocycles. The average Bonchev–Trinajstić information content (AvgIpc) is 2.19. The second-order valence-corrected chi connectivity index (χ2v) is 3.46. The molecule has 0 aliphatic heterocycles. The Morgan fingerprint density at radius 3 is 2.33 bits per heavy atom. The van der Waals surface area contributed by atoms with Gasteiger partial charge in [0, 0.05) is 12.2 Å². The summed E-state index contributed by atoms with van der Waals surface area (Å²) in [6.45, 7) is 2.86. The summed E-state index contributed by atoms with van der Waals surface area (Å²) in [4.78, 5) is 1.70. The molecule has 1 rings (SSSR count). The molecule has 2 nitrogen and oxygen atoms in total. The van der Waals surface area contributed by atoms with Crippen LogP contribution in [-0.4, -0.2) is 24.4 Å². The summed E-state index contributed by atoms with van der Waals surface area (Å²) < 4.78 is 24.4. The van der Waals surface area contributed by atoms with Crippen LogP contribution in [0.4, 0.5) is 14.5 Å². The maximum atomic E-state index is 12.2. The van der Waals surface area contributed by atoms with Crippen molar-refractivity contribution in [2.24, 2.45) is 0 Å². The molecule has 2 N–H and O–H groups in total. The highest BCUT2D eigenvalue weighted by Gasteiger charge is 2.10. The largest absolute Gasteiger partial charge is 0.399 e. The monoisotopic (exact) mass is 214 g/mol. The van der Waals surface area contributed by atoms with Gasteiger partial charge in [-0.2, -0.15) is 0 Å². The topological polar surface area (TPSA) is 29.3 Å². The third kappa shape index (κ3) is 4.25. The van der Waals surface area contributed by atoms with E-state index < -0.39 is 6.43 Å². The van der Waals surface area contributed by atoms with Crippen LogP contribution in [0.2, 0.25) is 0 Å². The van der Waals surface area contributed by atoms with Crippen molar-refractivity contribution in [3.05, 3.63) is 29.8 Å². The van der Waals surface area contributed by atoms with Crippen LogP contribution >= 0.6 is 0 Å². The maximum Gasteiger partial charge on any atom is 0.251 e. The predicted molar refractivity (Wildman–Crippen MR) is 57.8 cm³/mol. The van der Waals surface area contributed by atoms with Gasteiger partial charge in [-0.05, 0) is 24.2 Å². The third-order valence-electron chi connectivity index (χ3n) is 2.23. The lowest BCUT2D eigenvalue weighted by Crippen LogP contribution is -2.28. The number of hydrogen-bond donors (Lipinski definition) is 1. The molecular weight excluding hydrogens is 198 g/mol. The number of nitrogens with two attached hydrogens (primary N) is 1. The summed E-state index contributed by atoms with van der Waals surface area (Å²) in [5.74, 6) is 0. The number of halogens is 2. The van der Waals surface area contributed by atoms with Crippen molar-refractivity contribution in [1.82, 2.24) is 4.90 Å². The SMILES string of the molecule is CCN(Cc1ccc(N)cc1)CC(F)F. The summed E-state index contributed by atoms with van der Waals surface area (Å²) in [6, 6.07) is 7.30. The van der Waals surface area contributed by atoms with Crippen LogP contribution in [0.5, 0.6) is 0 Å². The second-order valence-electron chi connectivity index (χ2n) is 3.46. The fraction of sp³-hybridized carbons (Fsp3) is 0.455. The van der Waals surface area contributed by atoms with Crippen LogP contribution in [0.15, 0.2) is 24.3 Å². The van der Waals surface area contributed by atoms with Crippen molar-refractivity contribution >= 4 is 5.69 Å². The Morgan fingerprint density at radius 2 is 1.87 bits per heavy atom.